The van der Waals surface area contributed by atoms with Crippen molar-refractivity contribution in [1.82, 2.24) is 0 Å². The van der Waals surface area contributed by atoms with E-state index in [9.17, 15) is 10.2 Å². The van der Waals surface area contributed by atoms with E-state index in [1.165, 1.54) is 7.11 Å². The second-order valence-corrected chi connectivity index (χ2v) is 2.84. The molecule has 0 saturated carbocycles. The fourth-order valence-corrected chi connectivity index (χ4v) is 1.22. The van der Waals surface area contributed by atoms with Crippen LogP contribution < -0.4 is 0 Å². The Morgan fingerprint density at radius 2 is 2.09 bits per heavy atom. The van der Waals surface area contributed by atoms with Gasteiger partial charge in [-0.2, -0.15) is 0 Å². The SMILES string of the molecule is CO[C@H]1OC(C)CC(O)[C@@H]1O. The number of hydrogen-bond donors (Lipinski definition) is 2. The summed E-state index contributed by atoms with van der Waals surface area (Å²) < 4.78 is 10.00. The molecule has 66 valence electrons. The second-order valence-electron chi connectivity index (χ2n) is 2.84. The molecule has 1 aliphatic heterocycles. The Balaban J connectivity index is 2.51. The van der Waals surface area contributed by atoms with Crippen LogP contribution in [0, 0.1) is 0 Å². The first-order valence-corrected chi connectivity index (χ1v) is 3.69. The molecule has 4 heteroatoms. The summed E-state index contributed by atoms with van der Waals surface area (Å²) in [4.78, 5) is 0. The van der Waals surface area contributed by atoms with Gasteiger partial charge in [0.15, 0.2) is 6.29 Å². The highest BCUT2D eigenvalue weighted by Gasteiger charge is 2.34. The minimum absolute atomic E-state index is 0.0571. The van der Waals surface area contributed by atoms with Crippen LogP contribution in [0.25, 0.3) is 0 Å². The van der Waals surface area contributed by atoms with E-state index < -0.39 is 18.5 Å². The molecule has 2 N–H and O–H groups in total. The molecule has 0 aromatic rings. The van der Waals surface area contributed by atoms with Crippen molar-refractivity contribution in [2.75, 3.05) is 7.11 Å². The lowest BCUT2D eigenvalue weighted by molar-refractivity contribution is -0.254. The molecule has 0 aliphatic carbocycles. The van der Waals surface area contributed by atoms with Crippen molar-refractivity contribution in [1.29, 1.82) is 0 Å². The van der Waals surface area contributed by atoms with Gasteiger partial charge in [-0.1, -0.05) is 0 Å². The van der Waals surface area contributed by atoms with Crippen LogP contribution in [0.1, 0.15) is 13.3 Å². The first-order valence-electron chi connectivity index (χ1n) is 3.69. The third-order valence-corrected chi connectivity index (χ3v) is 1.85. The maximum Gasteiger partial charge on any atom is 0.185 e. The minimum Gasteiger partial charge on any atom is -0.390 e. The Kier molecular flexibility index (Phi) is 2.84. The summed E-state index contributed by atoms with van der Waals surface area (Å²) in [5.74, 6) is 0. The van der Waals surface area contributed by atoms with Crippen molar-refractivity contribution in [2.45, 2.75) is 37.9 Å². The van der Waals surface area contributed by atoms with Crippen LogP contribution in [0.3, 0.4) is 0 Å². The van der Waals surface area contributed by atoms with Crippen molar-refractivity contribution in [3.8, 4) is 0 Å². The molecule has 0 bridgehead atoms. The molecule has 0 amide bonds. The predicted molar refractivity (Wildman–Crippen MR) is 38.0 cm³/mol. The van der Waals surface area contributed by atoms with Crippen LogP contribution in [0.15, 0.2) is 0 Å². The molecule has 2 unspecified atom stereocenters. The van der Waals surface area contributed by atoms with E-state index in [0.717, 1.165) is 0 Å². The van der Waals surface area contributed by atoms with Crippen LogP contribution in [0.2, 0.25) is 0 Å². The van der Waals surface area contributed by atoms with E-state index in [1.807, 2.05) is 6.92 Å². The summed E-state index contributed by atoms with van der Waals surface area (Å²) in [5.41, 5.74) is 0. The molecule has 1 saturated heterocycles. The van der Waals surface area contributed by atoms with Crippen LogP contribution in [0.4, 0.5) is 0 Å². The quantitative estimate of drug-likeness (QED) is 0.545. The van der Waals surface area contributed by atoms with Crippen molar-refractivity contribution in [3.05, 3.63) is 0 Å². The summed E-state index contributed by atoms with van der Waals surface area (Å²) in [6, 6.07) is 0. The Bertz CT molecular complexity index is 128. The zero-order chi connectivity index (χ0) is 8.43. The minimum atomic E-state index is -0.920. The normalized spacial score (nSPS) is 45.8. The zero-order valence-corrected chi connectivity index (χ0v) is 6.73. The molecule has 1 aliphatic rings. The van der Waals surface area contributed by atoms with Gasteiger partial charge in [-0.3, -0.25) is 0 Å². The highest BCUT2D eigenvalue weighted by Crippen LogP contribution is 2.19. The van der Waals surface area contributed by atoms with Gasteiger partial charge in [0.25, 0.3) is 0 Å². The third-order valence-electron chi connectivity index (χ3n) is 1.85. The Morgan fingerprint density at radius 1 is 1.45 bits per heavy atom. The lowest BCUT2D eigenvalue weighted by Crippen LogP contribution is -2.48. The monoisotopic (exact) mass is 162 g/mol. The van der Waals surface area contributed by atoms with E-state index in [1.54, 1.807) is 0 Å². The summed E-state index contributed by atoms with van der Waals surface area (Å²) in [6.07, 6.45) is -1.94. The number of ether oxygens (including phenoxy) is 2. The lowest BCUT2D eigenvalue weighted by atomic mass is 10.0. The summed E-state index contributed by atoms with van der Waals surface area (Å²) in [7, 11) is 1.44. The second kappa shape index (κ2) is 3.49. The fourth-order valence-electron chi connectivity index (χ4n) is 1.22. The highest BCUT2D eigenvalue weighted by molar-refractivity contribution is 4.78. The van der Waals surface area contributed by atoms with E-state index >= 15 is 0 Å². The number of methoxy groups -OCH3 is 1. The van der Waals surface area contributed by atoms with Crippen LogP contribution in [0.5, 0.6) is 0 Å². The van der Waals surface area contributed by atoms with Gasteiger partial charge in [0, 0.05) is 13.5 Å². The smallest absolute Gasteiger partial charge is 0.185 e. The average molecular weight is 162 g/mol. The van der Waals surface area contributed by atoms with Crippen molar-refractivity contribution in [2.24, 2.45) is 0 Å². The molecular weight excluding hydrogens is 148 g/mol. The molecule has 0 aromatic carbocycles. The van der Waals surface area contributed by atoms with Gasteiger partial charge in [0.2, 0.25) is 0 Å². The fraction of sp³-hybridized carbons (Fsp3) is 1.00. The Morgan fingerprint density at radius 3 is 2.64 bits per heavy atom. The Hall–Kier alpha value is -0.160. The summed E-state index contributed by atoms with van der Waals surface area (Å²) in [6.45, 7) is 1.83. The van der Waals surface area contributed by atoms with Gasteiger partial charge in [-0.15, -0.1) is 0 Å². The van der Waals surface area contributed by atoms with Crippen LogP contribution in [-0.2, 0) is 9.47 Å². The Labute approximate surface area is 65.7 Å². The molecule has 11 heavy (non-hydrogen) atoms. The van der Waals surface area contributed by atoms with Crippen molar-refractivity contribution < 1.29 is 19.7 Å². The van der Waals surface area contributed by atoms with E-state index in [-0.39, 0.29) is 6.10 Å². The van der Waals surface area contributed by atoms with Gasteiger partial charge in [-0.25, -0.2) is 0 Å². The van der Waals surface area contributed by atoms with Gasteiger partial charge in [0.1, 0.15) is 6.10 Å². The molecule has 1 fully saturated rings. The molecule has 0 aromatic heterocycles. The van der Waals surface area contributed by atoms with Gasteiger partial charge in [-0.05, 0) is 6.92 Å². The summed E-state index contributed by atoms with van der Waals surface area (Å²) >= 11 is 0. The first kappa shape index (κ1) is 8.93. The number of hydrogen-bond acceptors (Lipinski definition) is 4. The lowest BCUT2D eigenvalue weighted by Gasteiger charge is -2.34. The molecule has 4 atom stereocenters. The van der Waals surface area contributed by atoms with Crippen LogP contribution in [-0.4, -0.2) is 41.9 Å². The van der Waals surface area contributed by atoms with Crippen LogP contribution >= 0.6 is 0 Å². The van der Waals surface area contributed by atoms with E-state index in [2.05, 4.69) is 0 Å². The van der Waals surface area contributed by atoms with Gasteiger partial charge in [0.05, 0.1) is 12.2 Å². The zero-order valence-electron chi connectivity index (χ0n) is 6.73. The molecule has 0 spiro atoms. The standard InChI is InChI=1S/C7H14O4/c1-4-3-5(8)6(9)7(10-2)11-4/h4-9H,3H2,1-2H3/t4?,5?,6-,7-/m0/s1. The van der Waals surface area contributed by atoms with E-state index in [0.29, 0.717) is 6.42 Å². The number of rotatable bonds is 1. The average Bonchev–Trinajstić information content (AvgIpc) is 1.96. The molecule has 1 rings (SSSR count). The molecular formula is C7H14O4. The van der Waals surface area contributed by atoms with Crippen molar-refractivity contribution >= 4 is 0 Å². The third kappa shape index (κ3) is 1.90. The first-order chi connectivity index (χ1) is 5.15. The largest absolute Gasteiger partial charge is 0.390 e. The van der Waals surface area contributed by atoms with Crippen molar-refractivity contribution in [3.63, 3.8) is 0 Å². The number of aliphatic hydroxyl groups excluding tert-OH is 2. The summed E-state index contributed by atoms with van der Waals surface area (Å²) in [5, 5.41) is 18.5. The molecule has 4 nitrogen and oxygen atoms in total. The predicted octanol–water partition coefficient (Wildman–Crippen LogP) is -0.510. The van der Waals surface area contributed by atoms with Gasteiger partial charge >= 0.3 is 0 Å². The molecule has 1 heterocycles. The van der Waals surface area contributed by atoms with Gasteiger partial charge < -0.3 is 19.7 Å². The maximum atomic E-state index is 9.26. The topological polar surface area (TPSA) is 58.9 Å². The van der Waals surface area contributed by atoms with E-state index in [4.69, 9.17) is 9.47 Å². The number of aliphatic hydroxyl groups is 2. The molecule has 0 radical (unpaired) electrons. The highest BCUT2D eigenvalue weighted by atomic mass is 16.7. The maximum absolute atomic E-state index is 9.26.